The molecule has 1 aromatic heterocycles. The number of ether oxygens (including phenoxy) is 3. The molecule has 3 fully saturated rings. The molecule has 8 nitrogen and oxygen atoms in total. The maximum atomic E-state index is 13.0. The summed E-state index contributed by atoms with van der Waals surface area (Å²) in [7, 11) is 0. The van der Waals surface area contributed by atoms with Gasteiger partial charge < -0.3 is 24.2 Å². The topological polar surface area (TPSA) is 105 Å². The summed E-state index contributed by atoms with van der Waals surface area (Å²) in [5.41, 5.74) is 1.82. The lowest BCUT2D eigenvalue weighted by Crippen LogP contribution is -2.45. The number of benzene rings is 2. The fourth-order valence-electron chi connectivity index (χ4n) is 6.05. The molecule has 3 aliphatic rings. The van der Waals surface area contributed by atoms with Crippen molar-refractivity contribution in [3.8, 4) is 5.75 Å². The molecule has 2 N–H and O–H groups in total. The summed E-state index contributed by atoms with van der Waals surface area (Å²) in [6, 6.07) is 12.1. The number of piperidine rings is 1. The zero-order valence-corrected chi connectivity index (χ0v) is 24.0. The number of fused-ring (bicyclic) bond motifs is 3. The van der Waals surface area contributed by atoms with E-state index in [0.29, 0.717) is 17.7 Å². The second-order valence-corrected chi connectivity index (χ2v) is 12.0. The predicted molar refractivity (Wildman–Crippen MR) is 156 cm³/mol. The fraction of sp³-hybridized carbons (Fsp3) is 0.452. The minimum atomic E-state index is -3.02. The molecule has 0 radical (unpaired) electrons. The molecule has 1 aliphatic carbocycles. The van der Waals surface area contributed by atoms with E-state index in [1.54, 1.807) is 42.5 Å². The molecule has 0 amide bonds. The number of nitrogens with zero attached hydrogens (tertiary/aromatic N) is 2. The van der Waals surface area contributed by atoms with Gasteiger partial charge >= 0.3 is 12.6 Å². The number of allylic oxidation sites excluding steroid dienone is 1. The Morgan fingerprint density at radius 3 is 2.57 bits per heavy atom. The van der Waals surface area contributed by atoms with Gasteiger partial charge in [0.2, 0.25) is 0 Å². The van der Waals surface area contributed by atoms with Crippen LogP contribution in [0.25, 0.3) is 10.2 Å². The van der Waals surface area contributed by atoms with Crippen molar-refractivity contribution < 1.29 is 32.9 Å². The molecule has 2 bridgehead atoms. The lowest BCUT2D eigenvalue weighted by Gasteiger charge is -2.38. The van der Waals surface area contributed by atoms with Crippen LogP contribution in [0.15, 0.2) is 53.8 Å². The number of nitrogens with one attached hydrogen (secondary N) is 1. The highest BCUT2D eigenvalue weighted by Gasteiger charge is 2.43. The van der Waals surface area contributed by atoms with Crippen LogP contribution in [0.1, 0.15) is 61.4 Å². The SMILES string of the molecule is CCOC(=O)c1ccc2nc(N3C4CC[C@H]3CC(OC/C(C(=N)c3ccccc3OC(F)F)=C(/O)C3CC3)C4)sc2c1. The Balaban J connectivity index is 1.16. The van der Waals surface area contributed by atoms with Gasteiger partial charge in [-0.2, -0.15) is 8.78 Å². The fourth-order valence-corrected chi connectivity index (χ4v) is 7.20. The first-order chi connectivity index (χ1) is 20.3. The monoisotopic (exact) mass is 597 g/mol. The number of alkyl halides is 2. The van der Waals surface area contributed by atoms with Crippen molar-refractivity contribution in [2.75, 3.05) is 18.1 Å². The van der Waals surface area contributed by atoms with Crippen molar-refractivity contribution in [2.24, 2.45) is 5.92 Å². The number of hydrogen-bond donors (Lipinski definition) is 2. The van der Waals surface area contributed by atoms with Crippen molar-refractivity contribution in [1.82, 2.24) is 4.98 Å². The number of anilines is 1. The zero-order chi connectivity index (χ0) is 29.4. The van der Waals surface area contributed by atoms with Crippen LogP contribution < -0.4 is 9.64 Å². The Hall–Kier alpha value is -3.57. The maximum Gasteiger partial charge on any atom is 0.387 e. The van der Waals surface area contributed by atoms with E-state index in [-0.39, 0.29) is 59.5 Å². The number of carbonyl (C=O) groups is 1. The number of halogens is 2. The second-order valence-electron chi connectivity index (χ2n) is 11.0. The van der Waals surface area contributed by atoms with Gasteiger partial charge in [0.1, 0.15) is 11.5 Å². The van der Waals surface area contributed by atoms with Crippen molar-refractivity contribution in [3.05, 3.63) is 64.9 Å². The third-order valence-electron chi connectivity index (χ3n) is 8.21. The molecule has 3 atom stereocenters. The van der Waals surface area contributed by atoms with Crippen LogP contribution in [0.3, 0.4) is 0 Å². The van der Waals surface area contributed by atoms with E-state index in [4.69, 9.17) is 19.9 Å². The van der Waals surface area contributed by atoms with Crippen molar-refractivity contribution >= 4 is 38.4 Å². The second kappa shape index (κ2) is 12.0. The van der Waals surface area contributed by atoms with Crippen molar-refractivity contribution in [1.29, 1.82) is 5.41 Å². The molecule has 2 aliphatic heterocycles. The van der Waals surface area contributed by atoms with Crippen LogP contribution in [-0.2, 0) is 9.47 Å². The zero-order valence-electron chi connectivity index (χ0n) is 23.2. The molecule has 222 valence electrons. The Morgan fingerprint density at radius 2 is 1.88 bits per heavy atom. The molecule has 1 saturated carbocycles. The van der Waals surface area contributed by atoms with E-state index < -0.39 is 6.61 Å². The summed E-state index contributed by atoms with van der Waals surface area (Å²) in [6.45, 7) is -0.891. The number of carbonyl (C=O) groups excluding carboxylic acids is 1. The van der Waals surface area contributed by atoms with Gasteiger partial charge in [0.25, 0.3) is 0 Å². The van der Waals surface area contributed by atoms with E-state index in [9.17, 15) is 18.7 Å². The van der Waals surface area contributed by atoms with Gasteiger partial charge in [0, 0.05) is 29.1 Å². The van der Waals surface area contributed by atoms with Gasteiger partial charge in [-0.15, -0.1) is 0 Å². The third-order valence-corrected chi connectivity index (χ3v) is 9.24. The Labute approximate surface area is 246 Å². The van der Waals surface area contributed by atoms with Crippen molar-refractivity contribution in [3.63, 3.8) is 0 Å². The normalized spacial score (nSPS) is 22.4. The summed E-state index contributed by atoms with van der Waals surface area (Å²) in [6.07, 6.45) is 5.14. The Bertz CT molecular complexity index is 1510. The number of aromatic nitrogens is 1. The first kappa shape index (κ1) is 28.5. The van der Waals surface area contributed by atoms with E-state index in [0.717, 1.165) is 53.9 Å². The first-order valence-electron chi connectivity index (χ1n) is 14.3. The molecular formula is C31H33F2N3O5S. The first-order valence-corrected chi connectivity index (χ1v) is 15.2. The molecule has 11 heteroatoms. The quantitative estimate of drug-likeness (QED) is 0.141. The summed E-state index contributed by atoms with van der Waals surface area (Å²) in [5, 5.41) is 20.7. The highest BCUT2D eigenvalue weighted by atomic mass is 32.1. The number of para-hydroxylation sites is 1. The third kappa shape index (κ3) is 5.85. The number of esters is 1. The number of hydrogen-bond acceptors (Lipinski definition) is 9. The van der Waals surface area contributed by atoms with Gasteiger partial charge in [0.15, 0.2) is 5.13 Å². The smallest absolute Gasteiger partial charge is 0.387 e. The summed E-state index contributed by atoms with van der Waals surface area (Å²) < 4.78 is 43.1. The molecule has 0 spiro atoms. The van der Waals surface area contributed by atoms with Crippen LogP contribution in [-0.4, -0.2) is 59.8 Å². The average Bonchev–Trinajstić information content (AvgIpc) is 3.68. The summed E-state index contributed by atoms with van der Waals surface area (Å²) in [5.74, 6) is -0.376. The lowest BCUT2D eigenvalue weighted by molar-refractivity contribution is -0.0499. The average molecular weight is 598 g/mol. The van der Waals surface area contributed by atoms with Crippen LogP contribution in [0, 0.1) is 11.3 Å². The molecule has 3 heterocycles. The lowest BCUT2D eigenvalue weighted by atomic mass is 9.98. The standard InChI is InChI=1S/C31H33F2N3O5S/c1-2-39-29(38)18-9-12-24-26(13-18)42-31(35-24)36-19-10-11-20(36)15-21(14-19)40-16-23(28(37)17-7-8-17)27(34)22-5-3-4-6-25(22)41-30(32)33/h3-6,9,12-13,17,19-21,30,34,37H,2,7-8,10-11,14-16H2,1H3/b28-23-,34-27?/t19-,20?,21?/m0/s1. The van der Waals surface area contributed by atoms with Crippen LogP contribution in [0.4, 0.5) is 13.9 Å². The van der Waals surface area contributed by atoms with Gasteiger partial charge in [-0.05, 0) is 75.8 Å². The van der Waals surface area contributed by atoms with E-state index in [1.807, 2.05) is 12.1 Å². The number of aliphatic hydroxyl groups excluding tert-OH is 1. The molecule has 2 unspecified atom stereocenters. The predicted octanol–water partition coefficient (Wildman–Crippen LogP) is 6.88. The number of aliphatic hydroxyl groups is 1. The van der Waals surface area contributed by atoms with Gasteiger partial charge in [-0.3, -0.25) is 5.41 Å². The van der Waals surface area contributed by atoms with Gasteiger partial charge in [0.05, 0.1) is 40.8 Å². The van der Waals surface area contributed by atoms with Gasteiger partial charge in [-0.25, -0.2) is 9.78 Å². The minimum absolute atomic E-state index is 0.0199. The molecule has 2 saturated heterocycles. The molecule has 3 aromatic rings. The van der Waals surface area contributed by atoms with E-state index in [1.165, 1.54) is 6.07 Å². The van der Waals surface area contributed by atoms with E-state index >= 15 is 0 Å². The largest absolute Gasteiger partial charge is 0.512 e. The molecule has 6 rings (SSSR count). The van der Waals surface area contributed by atoms with Crippen molar-refractivity contribution in [2.45, 2.75) is 70.2 Å². The minimum Gasteiger partial charge on any atom is -0.512 e. The molecular weight excluding hydrogens is 564 g/mol. The molecule has 42 heavy (non-hydrogen) atoms. The Morgan fingerprint density at radius 1 is 1.14 bits per heavy atom. The highest BCUT2D eigenvalue weighted by molar-refractivity contribution is 7.22. The highest BCUT2D eigenvalue weighted by Crippen LogP contribution is 2.43. The van der Waals surface area contributed by atoms with Crippen LogP contribution >= 0.6 is 11.3 Å². The number of thiazole rings is 1. The maximum absolute atomic E-state index is 13.0. The van der Waals surface area contributed by atoms with Gasteiger partial charge in [-0.1, -0.05) is 23.5 Å². The van der Waals surface area contributed by atoms with E-state index in [2.05, 4.69) is 9.64 Å². The summed E-state index contributed by atoms with van der Waals surface area (Å²) in [4.78, 5) is 19.4. The molecule has 2 aromatic carbocycles. The Kier molecular flexibility index (Phi) is 8.13. The number of rotatable bonds is 11. The van der Waals surface area contributed by atoms with Crippen LogP contribution in [0.5, 0.6) is 5.75 Å². The van der Waals surface area contributed by atoms with Crippen LogP contribution in [0.2, 0.25) is 0 Å². The summed E-state index contributed by atoms with van der Waals surface area (Å²) >= 11 is 1.57.